The summed E-state index contributed by atoms with van der Waals surface area (Å²) >= 11 is 3.43. The van der Waals surface area contributed by atoms with Crippen LogP contribution in [-0.2, 0) is 6.42 Å². The van der Waals surface area contributed by atoms with Gasteiger partial charge in [0.05, 0.1) is 5.69 Å². The molecule has 2 rings (SSSR count). The summed E-state index contributed by atoms with van der Waals surface area (Å²) in [7, 11) is 0. The molecule has 0 radical (unpaired) electrons. The molecule has 88 valence electrons. The van der Waals surface area contributed by atoms with Crippen molar-refractivity contribution in [2.24, 2.45) is 0 Å². The van der Waals surface area contributed by atoms with E-state index in [2.05, 4.69) is 33.1 Å². The minimum Gasteiger partial charge on any atom is -0.477 e. The number of hydrogen-bond donors (Lipinski definition) is 2. The van der Waals surface area contributed by atoms with Crippen molar-refractivity contribution < 1.29 is 9.90 Å². The third-order valence-corrected chi connectivity index (χ3v) is 2.93. The number of carboxylic acid groups (broad SMARTS) is 1. The Morgan fingerprint density at radius 1 is 1.41 bits per heavy atom. The van der Waals surface area contributed by atoms with Crippen LogP contribution in [0.15, 0.2) is 28.7 Å². The molecule has 5 heteroatoms. The molecule has 2 N–H and O–H groups in total. The van der Waals surface area contributed by atoms with Gasteiger partial charge in [0.15, 0.2) is 0 Å². The summed E-state index contributed by atoms with van der Waals surface area (Å²) < 4.78 is 0.965. The maximum absolute atomic E-state index is 10.8. The molecule has 0 aliphatic rings. The molecule has 17 heavy (non-hydrogen) atoms. The molecule has 2 aromatic rings. The van der Waals surface area contributed by atoms with Gasteiger partial charge in [-0.05, 0) is 36.2 Å². The van der Waals surface area contributed by atoms with Gasteiger partial charge in [0, 0.05) is 10.0 Å². The Morgan fingerprint density at radius 2 is 2.18 bits per heavy atom. The lowest BCUT2D eigenvalue weighted by molar-refractivity contribution is 0.0690. The average Bonchev–Trinajstić information content (AvgIpc) is 2.77. The van der Waals surface area contributed by atoms with Crippen molar-refractivity contribution in [1.82, 2.24) is 10.2 Å². The van der Waals surface area contributed by atoms with Crippen LogP contribution in [0.1, 0.15) is 23.0 Å². The largest absolute Gasteiger partial charge is 0.477 e. The van der Waals surface area contributed by atoms with Crippen molar-refractivity contribution in [1.29, 1.82) is 0 Å². The molecule has 0 unspecified atom stereocenters. The predicted octanol–water partition coefficient (Wildman–Crippen LogP) is 3.10. The quantitative estimate of drug-likeness (QED) is 0.914. The molecule has 0 bridgehead atoms. The molecule has 1 aromatic heterocycles. The maximum atomic E-state index is 10.8. The van der Waals surface area contributed by atoms with E-state index in [9.17, 15) is 4.79 Å². The van der Waals surface area contributed by atoms with Crippen LogP contribution in [0.4, 0.5) is 0 Å². The van der Waals surface area contributed by atoms with Crippen molar-refractivity contribution in [3.05, 3.63) is 40.0 Å². The zero-order valence-electron chi connectivity index (χ0n) is 9.20. The monoisotopic (exact) mass is 294 g/mol. The summed E-state index contributed by atoms with van der Waals surface area (Å²) in [5.41, 5.74) is 2.81. The lowest BCUT2D eigenvalue weighted by atomic mass is 10.1. The zero-order valence-corrected chi connectivity index (χ0v) is 10.8. The Labute approximate surface area is 107 Å². The highest BCUT2D eigenvalue weighted by Crippen LogP contribution is 2.24. The minimum atomic E-state index is -1.01. The van der Waals surface area contributed by atoms with Gasteiger partial charge >= 0.3 is 5.97 Å². The van der Waals surface area contributed by atoms with Gasteiger partial charge in [-0.15, -0.1) is 0 Å². The second-order valence-electron chi connectivity index (χ2n) is 3.67. The smallest absolute Gasteiger partial charge is 0.353 e. The fourth-order valence-electron chi connectivity index (χ4n) is 1.58. The number of aromatic amines is 1. The van der Waals surface area contributed by atoms with Crippen LogP contribution in [0.5, 0.6) is 0 Å². The number of aryl methyl sites for hydroxylation is 1. The molecule has 4 nitrogen and oxygen atoms in total. The Kier molecular flexibility index (Phi) is 3.28. The first-order chi connectivity index (χ1) is 8.10. The summed E-state index contributed by atoms with van der Waals surface area (Å²) in [5.74, 6) is -1.01. The zero-order chi connectivity index (χ0) is 12.4. The van der Waals surface area contributed by atoms with Crippen LogP contribution in [0.25, 0.3) is 11.3 Å². The predicted molar refractivity (Wildman–Crippen MR) is 68.1 cm³/mol. The first kappa shape index (κ1) is 11.9. The van der Waals surface area contributed by atoms with Crippen LogP contribution in [0, 0.1) is 0 Å². The lowest BCUT2D eigenvalue weighted by Gasteiger charge is -2.02. The van der Waals surface area contributed by atoms with Gasteiger partial charge in [-0.3, -0.25) is 5.10 Å². The summed E-state index contributed by atoms with van der Waals surface area (Å²) in [4.78, 5) is 10.8. The van der Waals surface area contributed by atoms with Gasteiger partial charge in [-0.2, -0.15) is 5.10 Å². The maximum Gasteiger partial charge on any atom is 0.353 e. The number of hydrogen-bond acceptors (Lipinski definition) is 2. The molecule has 0 saturated carbocycles. The summed E-state index contributed by atoms with van der Waals surface area (Å²) in [5, 5.41) is 15.3. The number of aromatic carboxylic acids is 1. The van der Waals surface area contributed by atoms with E-state index >= 15 is 0 Å². The van der Waals surface area contributed by atoms with Gasteiger partial charge in [0.25, 0.3) is 0 Å². The Bertz CT molecular complexity index is 563. The lowest BCUT2D eigenvalue weighted by Crippen LogP contribution is -1.95. The molecule has 0 aliphatic heterocycles. The highest BCUT2D eigenvalue weighted by Gasteiger charge is 2.10. The number of carbonyl (C=O) groups is 1. The summed E-state index contributed by atoms with van der Waals surface area (Å²) in [6.07, 6.45) is 0.919. The van der Waals surface area contributed by atoms with E-state index in [-0.39, 0.29) is 5.69 Å². The molecule has 0 atom stereocenters. The second-order valence-corrected chi connectivity index (χ2v) is 4.59. The number of H-pyrrole nitrogens is 1. The van der Waals surface area contributed by atoms with Gasteiger partial charge in [0.2, 0.25) is 0 Å². The minimum absolute atomic E-state index is 0.0954. The van der Waals surface area contributed by atoms with Crippen LogP contribution >= 0.6 is 15.9 Å². The normalized spacial score (nSPS) is 10.5. The summed E-state index contributed by atoms with van der Waals surface area (Å²) in [6, 6.07) is 7.49. The van der Waals surface area contributed by atoms with E-state index in [1.165, 1.54) is 11.6 Å². The van der Waals surface area contributed by atoms with Crippen molar-refractivity contribution in [2.45, 2.75) is 13.3 Å². The molecule has 0 aliphatic carbocycles. The van der Waals surface area contributed by atoms with Crippen LogP contribution in [0.3, 0.4) is 0 Å². The Morgan fingerprint density at radius 3 is 2.76 bits per heavy atom. The van der Waals surface area contributed by atoms with Crippen LogP contribution < -0.4 is 0 Å². The molecule has 0 amide bonds. The van der Waals surface area contributed by atoms with E-state index in [1.54, 1.807) is 0 Å². The number of nitrogens with zero attached hydrogens (tertiary/aromatic N) is 1. The van der Waals surface area contributed by atoms with E-state index in [1.807, 2.05) is 18.2 Å². The van der Waals surface area contributed by atoms with E-state index < -0.39 is 5.97 Å². The topological polar surface area (TPSA) is 66.0 Å². The number of nitrogens with one attached hydrogen (secondary N) is 1. The van der Waals surface area contributed by atoms with Crippen molar-refractivity contribution >= 4 is 21.9 Å². The third-order valence-electron chi connectivity index (χ3n) is 2.47. The van der Waals surface area contributed by atoms with Gasteiger partial charge in [-0.1, -0.05) is 22.9 Å². The average molecular weight is 295 g/mol. The van der Waals surface area contributed by atoms with Crippen LogP contribution in [0.2, 0.25) is 0 Å². The molecule has 0 fully saturated rings. The van der Waals surface area contributed by atoms with E-state index in [0.29, 0.717) is 5.69 Å². The number of aromatic nitrogens is 2. The fraction of sp³-hybridized carbons (Fsp3) is 0.167. The third kappa shape index (κ3) is 2.55. The Hall–Kier alpha value is -1.62. The fourth-order valence-corrected chi connectivity index (χ4v) is 2.12. The van der Waals surface area contributed by atoms with Gasteiger partial charge in [-0.25, -0.2) is 4.79 Å². The van der Waals surface area contributed by atoms with E-state index in [4.69, 9.17) is 5.11 Å². The number of rotatable bonds is 3. The number of carboxylic acids is 1. The van der Waals surface area contributed by atoms with Crippen molar-refractivity contribution in [3.63, 3.8) is 0 Å². The highest BCUT2D eigenvalue weighted by molar-refractivity contribution is 9.10. The molecule has 0 saturated heterocycles. The standard InChI is InChI=1S/C12H11BrN2O2/c1-2-7-3-8(5-9(13)4-7)10-6-11(12(16)17)15-14-10/h3-6H,2H2,1H3,(H,14,15)(H,16,17). The first-order valence-electron chi connectivity index (χ1n) is 5.18. The molecular formula is C12H11BrN2O2. The molecular weight excluding hydrogens is 284 g/mol. The van der Waals surface area contributed by atoms with Crippen molar-refractivity contribution in [3.8, 4) is 11.3 Å². The number of halogens is 1. The van der Waals surface area contributed by atoms with Gasteiger partial charge < -0.3 is 5.11 Å². The SMILES string of the molecule is CCc1cc(Br)cc(-c2cc(C(=O)O)[nH]n2)c1. The molecule has 0 spiro atoms. The summed E-state index contributed by atoms with van der Waals surface area (Å²) in [6.45, 7) is 2.07. The van der Waals surface area contributed by atoms with Crippen molar-refractivity contribution in [2.75, 3.05) is 0 Å². The van der Waals surface area contributed by atoms with Crippen LogP contribution in [-0.4, -0.2) is 21.3 Å². The Balaban J connectivity index is 2.44. The van der Waals surface area contributed by atoms with Gasteiger partial charge in [0.1, 0.15) is 5.69 Å². The molecule has 1 heterocycles. The second kappa shape index (κ2) is 4.71. The van der Waals surface area contributed by atoms with E-state index in [0.717, 1.165) is 16.5 Å². The highest BCUT2D eigenvalue weighted by atomic mass is 79.9. The first-order valence-corrected chi connectivity index (χ1v) is 5.98. The number of benzene rings is 1. The molecule has 1 aromatic carbocycles.